The second-order valence-corrected chi connectivity index (χ2v) is 10.0. The highest BCUT2D eigenvalue weighted by Crippen LogP contribution is 2.30. The van der Waals surface area contributed by atoms with E-state index in [0.717, 1.165) is 61.8 Å². The summed E-state index contributed by atoms with van der Waals surface area (Å²) in [6.45, 7) is 12.5. The van der Waals surface area contributed by atoms with Gasteiger partial charge in [0.25, 0.3) is 0 Å². The number of aryl methyl sites for hydroxylation is 1. The van der Waals surface area contributed by atoms with Gasteiger partial charge in [-0.15, -0.1) is 0 Å². The lowest BCUT2D eigenvalue weighted by Crippen LogP contribution is -2.46. The summed E-state index contributed by atoms with van der Waals surface area (Å²) in [6.07, 6.45) is 6.95. The van der Waals surface area contributed by atoms with Crippen LogP contribution in [0.4, 0.5) is 14.5 Å². The maximum absolute atomic E-state index is 13.4. The third-order valence-electron chi connectivity index (χ3n) is 7.04. The van der Waals surface area contributed by atoms with E-state index < -0.39 is 11.6 Å². The number of pyridine rings is 1. The van der Waals surface area contributed by atoms with Crippen molar-refractivity contribution in [1.82, 2.24) is 14.8 Å². The zero-order chi connectivity index (χ0) is 31.7. The number of likely N-dealkylation sites (tertiary alicyclic amines) is 1. The van der Waals surface area contributed by atoms with Crippen molar-refractivity contribution in [3.8, 4) is 0 Å². The molecule has 42 heavy (non-hydrogen) atoms. The molecule has 2 fully saturated rings. The van der Waals surface area contributed by atoms with Crippen LogP contribution >= 0.6 is 0 Å². The topological polar surface area (TPSA) is 126 Å². The van der Waals surface area contributed by atoms with Crippen molar-refractivity contribution in [1.29, 1.82) is 0 Å². The molecule has 11 heteroatoms. The molecule has 1 unspecified atom stereocenters. The van der Waals surface area contributed by atoms with Crippen LogP contribution < -0.4 is 16.4 Å². The summed E-state index contributed by atoms with van der Waals surface area (Å²) in [4.78, 5) is 40.6. The Morgan fingerprint density at radius 3 is 2.33 bits per heavy atom. The van der Waals surface area contributed by atoms with Gasteiger partial charge in [-0.3, -0.25) is 14.6 Å². The first-order chi connectivity index (χ1) is 20.2. The second kappa shape index (κ2) is 19.3. The van der Waals surface area contributed by atoms with Gasteiger partial charge in [-0.2, -0.15) is 0 Å². The van der Waals surface area contributed by atoms with Gasteiger partial charge in [-0.1, -0.05) is 20.3 Å². The SMILES string of the molecule is C=O.CCCc1ncccc1/C(=C(\C)C(N)=O)N1CCCC(C)C1.CN.O=CN1CCN(c2ccc(F)cc2F)CC1. The Bertz CT molecular complexity index is 1160. The monoisotopic (exact) mass is 588 g/mol. The Morgan fingerprint density at radius 1 is 1.12 bits per heavy atom. The zero-order valence-corrected chi connectivity index (χ0v) is 25.3. The summed E-state index contributed by atoms with van der Waals surface area (Å²) in [6, 6.07) is 7.56. The molecule has 3 heterocycles. The number of carbonyl (C=O) groups excluding carboxylic acids is 3. The van der Waals surface area contributed by atoms with Crippen LogP contribution in [-0.2, 0) is 20.8 Å². The number of rotatable bonds is 7. The molecule has 4 rings (SSSR count). The Hall–Kier alpha value is -3.86. The Morgan fingerprint density at radius 2 is 1.79 bits per heavy atom. The third-order valence-corrected chi connectivity index (χ3v) is 7.04. The number of hydrogen-bond acceptors (Lipinski definition) is 7. The molecule has 1 atom stereocenters. The fourth-order valence-electron chi connectivity index (χ4n) is 5.01. The number of amides is 2. The summed E-state index contributed by atoms with van der Waals surface area (Å²) in [5, 5.41) is 0. The molecule has 2 aromatic rings. The standard InChI is InChI=1S/C18H27N3O.C11H12F2N2O.CH5N.CH2O/c1-4-7-16-15(9-5-10-20-16)17(14(3)18(19)22)21-11-6-8-13(2)12-21;12-9-1-2-11(10(13)7-9)15-5-3-14(8-16)4-6-15;2*1-2/h5,9-10,13H,4,6-8,11-12H2,1-3H3,(H2,19,22);1-2,7-8H,3-6H2;2H2,1H3;1H2/b17-14-;;;. The minimum Gasteiger partial charge on any atom is -0.370 e. The highest BCUT2D eigenvalue weighted by molar-refractivity contribution is 5.99. The van der Waals surface area contributed by atoms with Crippen LogP contribution in [0.25, 0.3) is 5.70 Å². The lowest BCUT2D eigenvalue weighted by Gasteiger charge is -2.36. The molecule has 4 N–H and O–H groups in total. The maximum Gasteiger partial charge on any atom is 0.246 e. The number of nitrogens with zero attached hydrogens (tertiary/aromatic N) is 4. The molecular formula is C31H46F2N6O3. The van der Waals surface area contributed by atoms with E-state index in [1.807, 2.05) is 30.9 Å². The number of aromatic nitrogens is 1. The molecule has 9 nitrogen and oxygen atoms in total. The highest BCUT2D eigenvalue weighted by Gasteiger charge is 2.24. The van der Waals surface area contributed by atoms with Crippen molar-refractivity contribution in [3.63, 3.8) is 0 Å². The number of benzene rings is 1. The normalized spacial score (nSPS) is 16.8. The molecule has 0 radical (unpaired) electrons. The van der Waals surface area contributed by atoms with Crippen molar-refractivity contribution in [2.24, 2.45) is 17.4 Å². The van der Waals surface area contributed by atoms with E-state index in [1.54, 1.807) is 4.90 Å². The van der Waals surface area contributed by atoms with E-state index in [9.17, 15) is 18.4 Å². The average molecular weight is 589 g/mol. The largest absolute Gasteiger partial charge is 0.370 e. The van der Waals surface area contributed by atoms with Crippen LogP contribution in [-0.4, -0.2) is 80.2 Å². The molecule has 1 aromatic carbocycles. The predicted octanol–water partition coefficient (Wildman–Crippen LogP) is 3.62. The second-order valence-electron chi connectivity index (χ2n) is 10.0. The minimum absolute atomic E-state index is 0.348. The summed E-state index contributed by atoms with van der Waals surface area (Å²) in [7, 11) is 1.50. The smallest absolute Gasteiger partial charge is 0.246 e. The minimum atomic E-state index is -0.576. The number of hydrogen-bond donors (Lipinski definition) is 2. The summed E-state index contributed by atoms with van der Waals surface area (Å²) in [5.41, 5.74) is 14.2. The van der Waals surface area contributed by atoms with Crippen LogP contribution in [0.2, 0.25) is 0 Å². The molecule has 2 aliphatic heterocycles. The fraction of sp³-hybridized carbons (Fsp3) is 0.484. The zero-order valence-electron chi connectivity index (χ0n) is 25.3. The molecule has 0 saturated carbocycles. The van der Waals surface area contributed by atoms with Crippen LogP contribution in [0, 0.1) is 17.6 Å². The van der Waals surface area contributed by atoms with Gasteiger partial charge in [0.1, 0.15) is 18.4 Å². The quantitative estimate of drug-likeness (QED) is 0.374. The van der Waals surface area contributed by atoms with Crippen molar-refractivity contribution < 1.29 is 23.2 Å². The maximum atomic E-state index is 13.4. The van der Waals surface area contributed by atoms with E-state index in [1.165, 1.54) is 25.6 Å². The molecule has 2 saturated heterocycles. The first kappa shape index (κ1) is 36.2. The van der Waals surface area contributed by atoms with E-state index in [2.05, 4.69) is 35.5 Å². The van der Waals surface area contributed by atoms with E-state index >= 15 is 0 Å². The van der Waals surface area contributed by atoms with Gasteiger partial charge < -0.3 is 31.0 Å². The lowest BCUT2D eigenvalue weighted by atomic mass is 9.95. The molecule has 2 amide bonds. The van der Waals surface area contributed by atoms with Crippen molar-refractivity contribution >= 4 is 30.5 Å². The molecule has 2 aliphatic rings. The predicted molar refractivity (Wildman–Crippen MR) is 163 cm³/mol. The number of piperidine rings is 1. The molecular weight excluding hydrogens is 542 g/mol. The molecule has 1 aromatic heterocycles. The number of anilines is 1. The number of primary amides is 1. The van der Waals surface area contributed by atoms with Crippen LogP contribution in [0.15, 0.2) is 42.1 Å². The Labute approximate surface area is 248 Å². The van der Waals surface area contributed by atoms with Crippen LogP contribution in [0.5, 0.6) is 0 Å². The third kappa shape index (κ3) is 10.5. The van der Waals surface area contributed by atoms with Gasteiger partial charge in [0.05, 0.1) is 11.4 Å². The van der Waals surface area contributed by atoms with Crippen LogP contribution in [0.1, 0.15) is 51.3 Å². The van der Waals surface area contributed by atoms with Crippen LogP contribution in [0.3, 0.4) is 0 Å². The van der Waals surface area contributed by atoms with E-state index in [4.69, 9.17) is 10.5 Å². The summed E-state index contributed by atoms with van der Waals surface area (Å²) < 4.78 is 26.2. The first-order valence-electron chi connectivity index (χ1n) is 14.2. The lowest BCUT2D eigenvalue weighted by molar-refractivity contribution is -0.118. The van der Waals surface area contributed by atoms with Gasteiger partial charge in [0, 0.05) is 68.4 Å². The number of halogens is 2. The summed E-state index contributed by atoms with van der Waals surface area (Å²) in [5.74, 6) is -0.845. The van der Waals surface area contributed by atoms with Gasteiger partial charge in [0.15, 0.2) is 0 Å². The van der Waals surface area contributed by atoms with Gasteiger partial charge in [0.2, 0.25) is 12.3 Å². The van der Waals surface area contributed by atoms with Gasteiger partial charge >= 0.3 is 0 Å². The van der Waals surface area contributed by atoms with Gasteiger partial charge in [-0.25, -0.2) is 8.78 Å². The fourth-order valence-corrected chi connectivity index (χ4v) is 5.01. The van der Waals surface area contributed by atoms with Gasteiger partial charge in [-0.05, 0) is 63.4 Å². The first-order valence-corrected chi connectivity index (χ1v) is 14.2. The van der Waals surface area contributed by atoms with Crippen molar-refractivity contribution in [3.05, 3.63) is 65.0 Å². The molecule has 0 bridgehead atoms. The summed E-state index contributed by atoms with van der Waals surface area (Å²) >= 11 is 0. The number of nitrogens with two attached hydrogens (primary N) is 2. The molecule has 0 aliphatic carbocycles. The average Bonchev–Trinajstić information content (AvgIpc) is 3.01. The Balaban J connectivity index is 0.000000389. The number of piperazine rings is 1. The van der Waals surface area contributed by atoms with Crippen molar-refractivity contribution in [2.45, 2.75) is 46.5 Å². The Kier molecular flexibility index (Phi) is 16.6. The van der Waals surface area contributed by atoms with E-state index in [0.29, 0.717) is 43.4 Å². The molecule has 232 valence electrons. The number of carbonyl (C=O) groups is 3. The highest BCUT2D eigenvalue weighted by atomic mass is 19.1. The van der Waals surface area contributed by atoms with Crippen molar-refractivity contribution in [2.75, 3.05) is 51.2 Å². The molecule has 0 spiro atoms. The van der Waals surface area contributed by atoms with E-state index in [-0.39, 0.29) is 5.91 Å².